The first kappa shape index (κ1) is 10.7. The molecule has 1 rings (SSSR count). The Morgan fingerprint density at radius 3 is 2.14 bits per heavy atom. The van der Waals surface area contributed by atoms with Crippen molar-refractivity contribution in [3.8, 4) is 0 Å². The number of aryl methyl sites for hydroxylation is 1. The van der Waals surface area contributed by atoms with E-state index in [0.29, 0.717) is 5.56 Å². The lowest BCUT2D eigenvalue weighted by molar-refractivity contribution is -0.153. The number of aliphatic hydroxyl groups excluding tert-OH is 2. The Balaban J connectivity index is 2.84. The van der Waals surface area contributed by atoms with Crippen LogP contribution in [0.2, 0.25) is 0 Å². The van der Waals surface area contributed by atoms with Gasteiger partial charge in [0.15, 0.2) is 6.10 Å². The minimum Gasteiger partial charge on any atom is -0.479 e. The van der Waals surface area contributed by atoms with Crippen LogP contribution in [0.4, 0.5) is 0 Å². The largest absolute Gasteiger partial charge is 0.479 e. The second kappa shape index (κ2) is 4.21. The van der Waals surface area contributed by atoms with Crippen LogP contribution in [-0.4, -0.2) is 27.4 Å². The van der Waals surface area contributed by atoms with Gasteiger partial charge >= 0.3 is 5.97 Å². The van der Waals surface area contributed by atoms with Crippen molar-refractivity contribution in [3.05, 3.63) is 35.4 Å². The predicted octanol–water partition coefficient (Wildman–Crippen LogP) is 0.474. The molecule has 2 unspecified atom stereocenters. The first-order chi connectivity index (χ1) is 6.52. The molecule has 0 bridgehead atoms. The molecule has 2 atom stereocenters. The third-order valence-corrected chi connectivity index (χ3v) is 1.97. The second-order valence-electron chi connectivity index (χ2n) is 3.14. The van der Waals surface area contributed by atoms with Crippen LogP contribution in [0.15, 0.2) is 24.3 Å². The Labute approximate surface area is 81.4 Å². The van der Waals surface area contributed by atoms with Crippen molar-refractivity contribution in [1.82, 2.24) is 0 Å². The second-order valence-corrected chi connectivity index (χ2v) is 3.14. The van der Waals surface area contributed by atoms with Crippen molar-refractivity contribution in [1.29, 1.82) is 0 Å². The van der Waals surface area contributed by atoms with E-state index in [-0.39, 0.29) is 0 Å². The molecule has 0 saturated carbocycles. The Morgan fingerprint density at radius 2 is 1.71 bits per heavy atom. The van der Waals surface area contributed by atoms with E-state index in [2.05, 4.69) is 0 Å². The zero-order valence-electron chi connectivity index (χ0n) is 7.71. The summed E-state index contributed by atoms with van der Waals surface area (Å²) in [5, 5.41) is 26.9. The Kier molecular flexibility index (Phi) is 3.22. The molecule has 4 nitrogen and oxygen atoms in total. The van der Waals surface area contributed by atoms with Crippen molar-refractivity contribution < 1.29 is 20.1 Å². The number of carboxylic acid groups (broad SMARTS) is 1. The smallest absolute Gasteiger partial charge is 0.335 e. The van der Waals surface area contributed by atoms with Gasteiger partial charge in [0.25, 0.3) is 0 Å². The third-order valence-electron chi connectivity index (χ3n) is 1.97. The predicted molar refractivity (Wildman–Crippen MR) is 49.8 cm³/mol. The lowest BCUT2D eigenvalue weighted by Gasteiger charge is -2.14. The summed E-state index contributed by atoms with van der Waals surface area (Å²) in [5.74, 6) is -1.43. The molecule has 0 aliphatic carbocycles. The Hall–Kier alpha value is -1.39. The van der Waals surface area contributed by atoms with Gasteiger partial charge in [-0.2, -0.15) is 0 Å². The number of aliphatic hydroxyl groups is 2. The molecule has 0 spiro atoms. The summed E-state index contributed by atoms with van der Waals surface area (Å²) in [6.45, 7) is 1.88. The van der Waals surface area contributed by atoms with Crippen LogP contribution in [0.1, 0.15) is 17.2 Å². The monoisotopic (exact) mass is 196 g/mol. The summed E-state index contributed by atoms with van der Waals surface area (Å²) in [6, 6.07) is 6.67. The normalized spacial score (nSPS) is 14.8. The zero-order valence-corrected chi connectivity index (χ0v) is 7.71. The fourth-order valence-corrected chi connectivity index (χ4v) is 1.08. The number of carboxylic acids is 1. The van der Waals surface area contributed by atoms with E-state index in [4.69, 9.17) is 10.2 Å². The van der Waals surface area contributed by atoms with Crippen LogP contribution in [0.25, 0.3) is 0 Å². The molecule has 0 aromatic heterocycles. The highest BCUT2D eigenvalue weighted by Crippen LogP contribution is 2.17. The van der Waals surface area contributed by atoms with E-state index in [0.717, 1.165) is 5.56 Å². The molecule has 0 heterocycles. The van der Waals surface area contributed by atoms with Gasteiger partial charge in [-0.15, -0.1) is 0 Å². The van der Waals surface area contributed by atoms with E-state index < -0.39 is 18.2 Å². The number of hydrogen-bond donors (Lipinski definition) is 3. The first-order valence-electron chi connectivity index (χ1n) is 4.18. The van der Waals surface area contributed by atoms with E-state index in [1.54, 1.807) is 24.3 Å². The van der Waals surface area contributed by atoms with Crippen LogP contribution in [0.5, 0.6) is 0 Å². The number of benzene rings is 1. The number of hydrogen-bond acceptors (Lipinski definition) is 3. The lowest BCUT2D eigenvalue weighted by Crippen LogP contribution is -2.27. The molecule has 3 N–H and O–H groups in total. The number of carbonyl (C=O) groups is 1. The van der Waals surface area contributed by atoms with Gasteiger partial charge in [0.2, 0.25) is 0 Å². The zero-order chi connectivity index (χ0) is 10.7. The maximum absolute atomic E-state index is 10.4. The molecular formula is C10H12O4. The van der Waals surface area contributed by atoms with E-state index in [1.807, 2.05) is 6.92 Å². The Morgan fingerprint density at radius 1 is 1.21 bits per heavy atom. The molecule has 1 aromatic carbocycles. The standard InChI is InChI=1S/C10H12O4/c1-6-2-4-7(5-3-6)8(11)9(12)10(13)14/h2-5,8-9,11-12H,1H3,(H,13,14). The summed E-state index contributed by atoms with van der Waals surface area (Å²) in [6.07, 6.45) is -3.16. The van der Waals surface area contributed by atoms with Crippen LogP contribution in [-0.2, 0) is 4.79 Å². The van der Waals surface area contributed by atoms with Gasteiger partial charge in [0.1, 0.15) is 6.10 Å². The quantitative estimate of drug-likeness (QED) is 0.656. The summed E-state index contributed by atoms with van der Waals surface area (Å²) in [7, 11) is 0. The SMILES string of the molecule is Cc1ccc(C(O)C(O)C(=O)O)cc1. The van der Waals surface area contributed by atoms with Crippen molar-refractivity contribution in [2.75, 3.05) is 0 Å². The summed E-state index contributed by atoms with van der Waals surface area (Å²) in [5.41, 5.74) is 1.40. The molecule has 0 amide bonds. The van der Waals surface area contributed by atoms with E-state index in [9.17, 15) is 9.90 Å². The van der Waals surface area contributed by atoms with Gasteiger partial charge in [-0.1, -0.05) is 29.8 Å². The molecule has 0 radical (unpaired) electrons. The fraction of sp³-hybridized carbons (Fsp3) is 0.300. The summed E-state index contributed by atoms with van der Waals surface area (Å²) < 4.78 is 0. The average molecular weight is 196 g/mol. The highest BCUT2D eigenvalue weighted by Gasteiger charge is 2.24. The molecule has 4 heteroatoms. The molecule has 76 valence electrons. The van der Waals surface area contributed by atoms with Crippen LogP contribution in [0.3, 0.4) is 0 Å². The van der Waals surface area contributed by atoms with Crippen molar-refractivity contribution >= 4 is 5.97 Å². The highest BCUT2D eigenvalue weighted by atomic mass is 16.4. The molecule has 0 aliphatic rings. The van der Waals surface area contributed by atoms with E-state index in [1.165, 1.54) is 0 Å². The van der Waals surface area contributed by atoms with Gasteiger partial charge in [0.05, 0.1) is 0 Å². The maximum Gasteiger partial charge on any atom is 0.335 e. The topological polar surface area (TPSA) is 77.8 Å². The van der Waals surface area contributed by atoms with Gasteiger partial charge in [-0.3, -0.25) is 0 Å². The summed E-state index contributed by atoms with van der Waals surface area (Å²) >= 11 is 0. The van der Waals surface area contributed by atoms with E-state index >= 15 is 0 Å². The Bertz CT molecular complexity index is 317. The molecule has 1 aromatic rings. The first-order valence-corrected chi connectivity index (χ1v) is 4.18. The van der Waals surface area contributed by atoms with Gasteiger partial charge in [0, 0.05) is 0 Å². The van der Waals surface area contributed by atoms with Gasteiger partial charge in [-0.25, -0.2) is 4.79 Å². The molecule has 0 aliphatic heterocycles. The maximum atomic E-state index is 10.4. The molecule has 14 heavy (non-hydrogen) atoms. The molecule has 0 fully saturated rings. The lowest BCUT2D eigenvalue weighted by atomic mass is 10.0. The molecule has 0 saturated heterocycles. The summed E-state index contributed by atoms with van der Waals surface area (Å²) in [4.78, 5) is 10.4. The van der Waals surface area contributed by atoms with Crippen LogP contribution < -0.4 is 0 Å². The third kappa shape index (κ3) is 2.31. The minimum atomic E-state index is -1.78. The molecular weight excluding hydrogens is 184 g/mol. The van der Waals surface area contributed by atoms with Crippen molar-refractivity contribution in [2.45, 2.75) is 19.1 Å². The highest BCUT2D eigenvalue weighted by molar-refractivity contribution is 5.73. The van der Waals surface area contributed by atoms with Crippen LogP contribution in [0, 0.1) is 6.92 Å². The van der Waals surface area contributed by atoms with Crippen molar-refractivity contribution in [2.24, 2.45) is 0 Å². The van der Waals surface area contributed by atoms with Crippen molar-refractivity contribution in [3.63, 3.8) is 0 Å². The minimum absolute atomic E-state index is 0.394. The number of rotatable bonds is 3. The van der Waals surface area contributed by atoms with Gasteiger partial charge in [-0.05, 0) is 12.5 Å². The number of aliphatic carboxylic acids is 1. The fourth-order valence-electron chi connectivity index (χ4n) is 1.08. The van der Waals surface area contributed by atoms with Gasteiger partial charge < -0.3 is 15.3 Å². The van der Waals surface area contributed by atoms with Crippen LogP contribution >= 0.6 is 0 Å². The average Bonchev–Trinajstić information content (AvgIpc) is 2.16.